The molecule has 1 aromatic carbocycles. The Hall–Kier alpha value is -0.210. The van der Waals surface area contributed by atoms with Crippen LogP contribution in [0.2, 0.25) is 0 Å². The van der Waals surface area contributed by atoms with Crippen molar-refractivity contribution in [1.29, 1.82) is 0 Å². The first-order valence-electron chi connectivity index (χ1n) is 5.63. The van der Waals surface area contributed by atoms with E-state index in [4.69, 9.17) is 0 Å². The highest BCUT2D eigenvalue weighted by Gasteiger charge is 2.80. The zero-order chi connectivity index (χ0) is 20.0. The molecule has 143 valence electrons. The standard InChI is InChI=1S/C11H3Br2F10OS/c12-4-1-6(13)5(3-8(14,15)16)7(2-4)25(24)11(22,23)9(17,18)10(19,20)21/h2H,3H2. The van der Waals surface area contributed by atoms with Crippen LogP contribution in [0.25, 0.3) is 0 Å². The van der Waals surface area contributed by atoms with Gasteiger partial charge in [0.25, 0.3) is 0 Å². The fourth-order valence-electron chi connectivity index (χ4n) is 1.48. The van der Waals surface area contributed by atoms with Gasteiger partial charge in [0.2, 0.25) is 0 Å². The molecule has 1 nitrogen and oxygen atoms in total. The molecule has 14 heteroatoms. The zero-order valence-corrected chi connectivity index (χ0v) is 15.1. The molecule has 0 fully saturated rings. The van der Waals surface area contributed by atoms with E-state index in [0.717, 1.165) is 0 Å². The molecule has 0 N–H and O–H groups in total. The van der Waals surface area contributed by atoms with Crippen molar-refractivity contribution in [2.45, 2.75) is 34.8 Å². The molecule has 0 aromatic heterocycles. The number of hydrogen-bond donors (Lipinski definition) is 0. The average molecular weight is 533 g/mol. The Bertz CT molecular complexity index is 643. The van der Waals surface area contributed by atoms with E-state index < -0.39 is 56.1 Å². The third-order valence-corrected chi connectivity index (χ3v) is 5.17. The van der Waals surface area contributed by atoms with Crippen LogP contribution in [0.3, 0.4) is 0 Å². The summed E-state index contributed by atoms with van der Waals surface area (Å²) in [6.07, 6.45) is -13.8. The molecular weight excluding hydrogens is 530 g/mol. The van der Waals surface area contributed by atoms with Gasteiger partial charge >= 0.3 is 23.5 Å². The first kappa shape index (κ1) is 22.8. The number of rotatable bonds is 4. The third kappa shape index (κ3) is 4.75. The van der Waals surface area contributed by atoms with Gasteiger partial charge in [-0.05, 0) is 31.9 Å². The molecule has 0 saturated carbocycles. The first-order chi connectivity index (χ1) is 10.9. The molecule has 1 atom stereocenters. The minimum absolute atomic E-state index is 0.308. The second kappa shape index (κ2) is 7.08. The van der Waals surface area contributed by atoms with Crippen molar-refractivity contribution >= 4 is 43.0 Å². The molecule has 0 aliphatic carbocycles. The van der Waals surface area contributed by atoms with Crippen LogP contribution in [0.5, 0.6) is 0 Å². The van der Waals surface area contributed by atoms with Crippen molar-refractivity contribution in [2.24, 2.45) is 0 Å². The summed E-state index contributed by atoms with van der Waals surface area (Å²) in [5, 5.41) is -6.22. The van der Waals surface area contributed by atoms with E-state index in [9.17, 15) is 48.5 Å². The van der Waals surface area contributed by atoms with E-state index >= 15 is 0 Å². The van der Waals surface area contributed by atoms with Crippen LogP contribution in [0.1, 0.15) is 5.56 Å². The van der Waals surface area contributed by atoms with Gasteiger partial charge in [-0.25, -0.2) is 0 Å². The monoisotopic (exact) mass is 531 g/mol. The van der Waals surface area contributed by atoms with Gasteiger partial charge in [-0.3, -0.25) is 0 Å². The second-order valence-corrected chi connectivity index (χ2v) is 7.56. The maximum atomic E-state index is 13.6. The van der Waals surface area contributed by atoms with Gasteiger partial charge in [0, 0.05) is 26.6 Å². The summed E-state index contributed by atoms with van der Waals surface area (Å²) in [6.45, 7) is 0. The number of alkyl halides is 10. The lowest BCUT2D eigenvalue weighted by molar-refractivity contribution is -0.332. The van der Waals surface area contributed by atoms with E-state index in [1.165, 1.54) is 0 Å². The molecule has 25 heavy (non-hydrogen) atoms. The molecule has 0 saturated heterocycles. The van der Waals surface area contributed by atoms with Gasteiger partial charge in [-0.15, -0.1) is 8.78 Å². The van der Waals surface area contributed by atoms with Gasteiger partial charge in [0.05, 0.1) is 17.6 Å². The summed E-state index contributed by atoms with van der Waals surface area (Å²) in [5.41, 5.74) is -1.20. The second-order valence-electron chi connectivity index (χ2n) is 4.42. The Labute approximate surface area is 153 Å². The molecule has 0 aliphatic heterocycles. The SMILES string of the molecule is [O-][S+](c1cc(Br)[c]c(Br)c1CC(F)(F)F)C(F)(F)C(F)(F)C(F)(F)F. The predicted octanol–water partition coefficient (Wildman–Crippen LogP) is 6.01. The highest BCUT2D eigenvalue weighted by atomic mass is 79.9. The summed E-state index contributed by atoms with van der Waals surface area (Å²) in [7, 11) is 0. The lowest BCUT2D eigenvalue weighted by atomic mass is 10.1. The molecule has 1 unspecified atom stereocenters. The maximum Gasteiger partial charge on any atom is 0.486 e. The van der Waals surface area contributed by atoms with E-state index in [1.807, 2.05) is 0 Å². The van der Waals surface area contributed by atoms with Crippen molar-refractivity contribution in [3.05, 3.63) is 26.6 Å². The molecule has 0 heterocycles. The largest absolute Gasteiger partial charge is 0.607 e. The molecule has 1 rings (SSSR count). The Balaban J connectivity index is 3.54. The molecule has 1 radical (unpaired) electrons. The molecule has 0 spiro atoms. The quantitative estimate of drug-likeness (QED) is 0.344. The summed E-state index contributed by atoms with van der Waals surface area (Å²) in [6, 6.07) is 2.43. The smallest absolute Gasteiger partial charge is 0.486 e. The van der Waals surface area contributed by atoms with Crippen molar-refractivity contribution in [3.63, 3.8) is 0 Å². The third-order valence-electron chi connectivity index (χ3n) is 2.58. The number of hydrogen-bond acceptors (Lipinski definition) is 1. The Morgan fingerprint density at radius 3 is 1.84 bits per heavy atom. The molecule has 0 aliphatic rings. The average Bonchev–Trinajstić information content (AvgIpc) is 2.37. The van der Waals surface area contributed by atoms with E-state index in [0.29, 0.717) is 6.07 Å². The fraction of sp³-hybridized carbons (Fsp3) is 0.455. The van der Waals surface area contributed by atoms with Crippen LogP contribution in [-0.4, -0.2) is 28.1 Å². The van der Waals surface area contributed by atoms with Crippen LogP contribution in [0.15, 0.2) is 19.9 Å². The van der Waals surface area contributed by atoms with Crippen molar-refractivity contribution < 1.29 is 48.5 Å². The Morgan fingerprint density at radius 1 is 0.960 bits per heavy atom. The van der Waals surface area contributed by atoms with E-state index in [-0.39, 0.29) is 4.47 Å². The van der Waals surface area contributed by atoms with Crippen LogP contribution in [-0.2, 0) is 17.6 Å². The van der Waals surface area contributed by atoms with Gasteiger partial charge < -0.3 is 4.55 Å². The van der Waals surface area contributed by atoms with Gasteiger partial charge in [0.1, 0.15) is 0 Å². The molecular formula is C11H3Br2F10OS. The van der Waals surface area contributed by atoms with E-state index in [1.54, 1.807) is 0 Å². The topological polar surface area (TPSA) is 23.1 Å². The van der Waals surface area contributed by atoms with Crippen LogP contribution in [0, 0.1) is 6.07 Å². The van der Waals surface area contributed by atoms with Crippen molar-refractivity contribution in [1.82, 2.24) is 0 Å². The lowest BCUT2D eigenvalue weighted by Crippen LogP contribution is -2.56. The van der Waals surface area contributed by atoms with Crippen LogP contribution >= 0.6 is 31.9 Å². The van der Waals surface area contributed by atoms with E-state index in [2.05, 4.69) is 37.9 Å². The fourth-order valence-corrected chi connectivity index (χ4v) is 4.27. The van der Waals surface area contributed by atoms with Crippen molar-refractivity contribution in [2.75, 3.05) is 0 Å². The van der Waals surface area contributed by atoms with Gasteiger partial charge in [-0.2, -0.15) is 35.1 Å². The Morgan fingerprint density at radius 2 is 1.44 bits per heavy atom. The lowest BCUT2D eigenvalue weighted by Gasteiger charge is -2.29. The van der Waals surface area contributed by atoms with Crippen LogP contribution in [0.4, 0.5) is 43.9 Å². The normalized spacial score (nSPS) is 15.4. The highest BCUT2D eigenvalue weighted by Crippen LogP contribution is 2.51. The summed E-state index contributed by atoms with van der Waals surface area (Å²) in [4.78, 5) is -1.54. The predicted molar refractivity (Wildman–Crippen MR) is 72.8 cm³/mol. The molecule has 0 amide bonds. The zero-order valence-electron chi connectivity index (χ0n) is 11.1. The molecule has 1 aromatic rings. The van der Waals surface area contributed by atoms with Crippen LogP contribution < -0.4 is 0 Å². The van der Waals surface area contributed by atoms with Gasteiger partial charge in [-0.1, -0.05) is 0 Å². The van der Waals surface area contributed by atoms with Gasteiger partial charge in [0.15, 0.2) is 4.90 Å². The number of benzene rings is 1. The summed E-state index contributed by atoms with van der Waals surface area (Å²) >= 11 is 0.637. The maximum absolute atomic E-state index is 13.6. The number of halogens is 12. The summed E-state index contributed by atoms with van der Waals surface area (Å²) in [5.74, 6) is -6.74. The highest BCUT2D eigenvalue weighted by molar-refractivity contribution is 9.11. The van der Waals surface area contributed by atoms with Crippen molar-refractivity contribution in [3.8, 4) is 0 Å². The summed E-state index contributed by atoms with van der Waals surface area (Å²) < 4.78 is 138. The molecule has 0 bridgehead atoms. The minimum Gasteiger partial charge on any atom is -0.607 e. The Kier molecular flexibility index (Phi) is 6.46. The minimum atomic E-state index is -6.77. The first-order valence-corrected chi connectivity index (χ1v) is 8.36.